The summed E-state index contributed by atoms with van der Waals surface area (Å²) in [4.78, 5) is 2.39. The summed E-state index contributed by atoms with van der Waals surface area (Å²) in [7, 11) is 3.49. The maximum absolute atomic E-state index is 5.05. The van der Waals surface area contributed by atoms with Crippen LogP contribution in [0.25, 0.3) is 0 Å². The molecule has 0 N–H and O–H groups in total. The first kappa shape index (κ1) is 12.9. The van der Waals surface area contributed by atoms with Crippen molar-refractivity contribution in [3.05, 3.63) is 0 Å². The molecule has 0 aliphatic rings. The Morgan fingerprint density at radius 3 is 1.85 bits per heavy atom. The number of hydrogen-bond donors (Lipinski definition) is 0. The quantitative estimate of drug-likeness (QED) is 0.547. The largest absolute Gasteiger partial charge is 0.383 e. The second kappa shape index (κ2) is 9.96. The summed E-state index contributed by atoms with van der Waals surface area (Å²) < 4.78 is 10.1. The first-order chi connectivity index (χ1) is 6.35. The van der Waals surface area contributed by atoms with Crippen molar-refractivity contribution in [1.82, 2.24) is 4.90 Å². The highest BCUT2D eigenvalue weighted by Crippen LogP contribution is 1.94. The molecule has 0 amide bonds. The van der Waals surface area contributed by atoms with E-state index >= 15 is 0 Å². The van der Waals surface area contributed by atoms with Crippen molar-refractivity contribution >= 4 is 0 Å². The highest BCUT2D eigenvalue weighted by atomic mass is 16.5. The normalized spacial score (nSPS) is 11.1. The van der Waals surface area contributed by atoms with E-state index in [9.17, 15) is 0 Å². The Hall–Kier alpha value is -0.120. The molecule has 0 aromatic rings. The molecule has 80 valence electrons. The molecule has 0 aliphatic heterocycles. The van der Waals surface area contributed by atoms with Gasteiger partial charge in [0.15, 0.2) is 0 Å². The van der Waals surface area contributed by atoms with E-state index in [1.54, 1.807) is 14.2 Å². The van der Waals surface area contributed by atoms with Gasteiger partial charge in [0.1, 0.15) is 0 Å². The van der Waals surface area contributed by atoms with Gasteiger partial charge in [-0.15, -0.1) is 0 Å². The maximum Gasteiger partial charge on any atom is 0.0589 e. The van der Waals surface area contributed by atoms with Gasteiger partial charge in [-0.25, -0.2) is 0 Å². The van der Waals surface area contributed by atoms with E-state index in [2.05, 4.69) is 11.8 Å². The Balaban J connectivity index is 3.47. The van der Waals surface area contributed by atoms with Crippen molar-refractivity contribution in [1.29, 1.82) is 0 Å². The number of hydrogen-bond acceptors (Lipinski definition) is 3. The van der Waals surface area contributed by atoms with Crippen LogP contribution in [-0.4, -0.2) is 52.0 Å². The van der Waals surface area contributed by atoms with Crippen LogP contribution in [-0.2, 0) is 9.47 Å². The van der Waals surface area contributed by atoms with Crippen molar-refractivity contribution in [3.63, 3.8) is 0 Å². The number of rotatable bonds is 9. The monoisotopic (exact) mass is 189 g/mol. The fraction of sp³-hybridized carbons (Fsp3) is 1.00. The second-order valence-electron chi connectivity index (χ2n) is 3.18. The van der Waals surface area contributed by atoms with Crippen LogP contribution in [0, 0.1) is 0 Å². The second-order valence-corrected chi connectivity index (χ2v) is 3.18. The Morgan fingerprint density at radius 2 is 1.46 bits per heavy atom. The molecule has 0 heterocycles. The molecule has 0 aromatic heterocycles. The lowest BCUT2D eigenvalue weighted by atomic mass is 10.3. The van der Waals surface area contributed by atoms with Gasteiger partial charge in [0.05, 0.1) is 13.2 Å². The molecule has 0 bridgehead atoms. The summed E-state index contributed by atoms with van der Waals surface area (Å²) in [6.45, 7) is 7.02. The van der Waals surface area contributed by atoms with E-state index in [1.807, 2.05) is 0 Å². The maximum atomic E-state index is 5.05. The third kappa shape index (κ3) is 8.22. The van der Waals surface area contributed by atoms with Crippen LogP contribution >= 0.6 is 0 Å². The van der Waals surface area contributed by atoms with Gasteiger partial charge in [-0.1, -0.05) is 13.3 Å². The van der Waals surface area contributed by atoms with E-state index in [0.717, 1.165) is 32.8 Å². The third-order valence-corrected chi connectivity index (χ3v) is 2.05. The molecule has 0 saturated carbocycles. The minimum absolute atomic E-state index is 0.813. The molecule has 3 heteroatoms. The van der Waals surface area contributed by atoms with E-state index in [4.69, 9.17) is 9.47 Å². The van der Waals surface area contributed by atoms with Crippen molar-refractivity contribution in [3.8, 4) is 0 Å². The molecule has 0 spiro atoms. The van der Waals surface area contributed by atoms with Crippen LogP contribution < -0.4 is 0 Å². The molecule has 0 rings (SSSR count). The van der Waals surface area contributed by atoms with Crippen LogP contribution in [0.15, 0.2) is 0 Å². The number of ether oxygens (including phenoxy) is 2. The van der Waals surface area contributed by atoms with Gasteiger partial charge >= 0.3 is 0 Å². The predicted octanol–water partition coefficient (Wildman–Crippen LogP) is 1.38. The topological polar surface area (TPSA) is 21.7 Å². The van der Waals surface area contributed by atoms with Gasteiger partial charge in [-0.05, 0) is 13.0 Å². The summed E-state index contributed by atoms with van der Waals surface area (Å²) in [5, 5.41) is 0. The van der Waals surface area contributed by atoms with Gasteiger partial charge in [-0.2, -0.15) is 0 Å². The first-order valence-electron chi connectivity index (χ1n) is 5.05. The van der Waals surface area contributed by atoms with Crippen LogP contribution in [0.5, 0.6) is 0 Å². The standard InChI is InChI=1S/C10H23NO2/c1-4-5-6-11(7-9-12-2)8-10-13-3/h4-10H2,1-3H3. The van der Waals surface area contributed by atoms with Crippen LogP contribution in [0.1, 0.15) is 19.8 Å². The highest BCUT2D eigenvalue weighted by molar-refractivity contribution is 4.56. The predicted molar refractivity (Wildman–Crippen MR) is 55.1 cm³/mol. The Morgan fingerprint density at radius 1 is 0.923 bits per heavy atom. The van der Waals surface area contributed by atoms with Gasteiger partial charge in [-0.3, -0.25) is 4.90 Å². The minimum Gasteiger partial charge on any atom is -0.383 e. The smallest absolute Gasteiger partial charge is 0.0589 e. The molecule has 0 aromatic carbocycles. The van der Waals surface area contributed by atoms with Gasteiger partial charge in [0.25, 0.3) is 0 Å². The molecule has 0 radical (unpaired) electrons. The van der Waals surface area contributed by atoms with Crippen molar-refractivity contribution in [2.75, 3.05) is 47.1 Å². The zero-order chi connectivity index (χ0) is 9.94. The molecule has 0 saturated heterocycles. The Labute approximate surface area is 82.0 Å². The summed E-state index contributed by atoms with van der Waals surface area (Å²) in [5.74, 6) is 0. The zero-order valence-corrected chi connectivity index (χ0v) is 9.21. The highest BCUT2D eigenvalue weighted by Gasteiger charge is 2.02. The average molecular weight is 189 g/mol. The molecule has 0 unspecified atom stereocenters. The molecule has 13 heavy (non-hydrogen) atoms. The van der Waals surface area contributed by atoms with Crippen LogP contribution in [0.2, 0.25) is 0 Å². The lowest BCUT2D eigenvalue weighted by molar-refractivity contribution is 0.113. The fourth-order valence-corrected chi connectivity index (χ4v) is 1.16. The lowest BCUT2D eigenvalue weighted by Crippen LogP contribution is -2.31. The Kier molecular flexibility index (Phi) is 9.87. The van der Waals surface area contributed by atoms with Crippen LogP contribution in [0.4, 0.5) is 0 Å². The van der Waals surface area contributed by atoms with E-state index in [0.29, 0.717) is 0 Å². The SMILES string of the molecule is CCCCN(CCOC)CCOC. The fourth-order valence-electron chi connectivity index (χ4n) is 1.16. The van der Waals surface area contributed by atoms with E-state index < -0.39 is 0 Å². The molecule has 0 atom stereocenters. The molecular weight excluding hydrogens is 166 g/mol. The molecule has 0 aliphatic carbocycles. The molecule has 3 nitrogen and oxygen atoms in total. The zero-order valence-electron chi connectivity index (χ0n) is 9.21. The Bertz CT molecular complexity index is 79.9. The number of methoxy groups -OCH3 is 2. The average Bonchev–Trinajstić information content (AvgIpc) is 2.17. The van der Waals surface area contributed by atoms with E-state index in [1.165, 1.54) is 12.8 Å². The summed E-state index contributed by atoms with van der Waals surface area (Å²) in [6, 6.07) is 0. The third-order valence-electron chi connectivity index (χ3n) is 2.05. The van der Waals surface area contributed by atoms with Crippen molar-refractivity contribution in [2.24, 2.45) is 0 Å². The van der Waals surface area contributed by atoms with Gasteiger partial charge in [0.2, 0.25) is 0 Å². The van der Waals surface area contributed by atoms with Gasteiger partial charge < -0.3 is 9.47 Å². The molecule has 0 fully saturated rings. The number of nitrogens with zero attached hydrogens (tertiary/aromatic N) is 1. The van der Waals surface area contributed by atoms with Crippen molar-refractivity contribution < 1.29 is 9.47 Å². The minimum atomic E-state index is 0.813. The van der Waals surface area contributed by atoms with Crippen LogP contribution in [0.3, 0.4) is 0 Å². The summed E-state index contributed by atoms with van der Waals surface area (Å²) in [6.07, 6.45) is 2.50. The summed E-state index contributed by atoms with van der Waals surface area (Å²) in [5.41, 5.74) is 0. The summed E-state index contributed by atoms with van der Waals surface area (Å²) >= 11 is 0. The van der Waals surface area contributed by atoms with E-state index in [-0.39, 0.29) is 0 Å². The lowest BCUT2D eigenvalue weighted by Gasteiger charge is -2.20. The molecular formula is C10H23NO2. The number of unbranched alkanes of at least 4 members (excludes halogenated alkanes) is 1. The van der Waals surface area contributed by atoms with Crippen molar-refractivity contribution in [2.45, 2.75) is 19.8 Å². The first-order valence-corrected chi connectivity index (χ1v) is 5.05. The van der Waals surface area contributed by atoms with Gasteiger partial charge in [0, 0.05) is 27.3 Å².